The highest BCUT2D eigenvalue weighted by Gasteiger charge is 2.24. The highest BCUT2D eigenvalue weighted by atomic mass is 35.5. The smallest absolute Gasteiger partial charge is 0.229 e. The molecule has 10 heteroatoms. The predicted octanol–water partition coefficient (Wildman–Crippen LogP) is 3.51. The second kappa shape index (κ2) is 9.64. The number of fused-ring (bicyclic) bond motifs is 1. The van der Waals surface area contributed by atoms with E-state index in [1.807, 2.05) is 30.6 Å². The molecule has 0 saturated carbocycles. The number of nitrogens with one attached hydrogen (secondary N) is 2. The minimum atomic E-state index is -2.88. The Labute approximate surface area is 204 Å². The number of anilines is 1. The Bertz CT molecular complexity index is 1300. The molecule has 1 unspecified atom stereocenters. The number of imidazole rings is 1. The molecule has 1 aromatic carbocycles. The molecule has 0 bridgehead atoms. The van der Waals surface area contributed by atoms with E-state index >= 15 is 0 Å². The maximum atomic E-state index is 12.6. The number of sulfone groups is 1. The van der Waals surface area contributed by atoms with Crippen molar-refractivity contribution in [1.82, 2.24) is 19.9 Å². The molecule has 34 heavy (non-hydrogen) atoms. The Kier molecular flexibility index (Phi) is 6.59. The van der Waals surface area contributed by atoms with Crippen LogP contribution in [0.25, 0.3) is 22.2 Å². The van der Waals surface area contributed by atoms with Gasteiger partial charge in [0.05, 0.1) is 39.8 Å². The van der Waals surface area contributed by atoms with Gasteiger partial charge in [0.2, 0.25) is 5.91 Å². The van der Waals surface area contributed by atoms with E-state index < -0.39 is 9.84 Å². The van der Waals surface area contributed by atoms with Crippen molar-refractivity contribution in [3.63, 3.8) is 0 Å². The average Bonchev–Trinajstić information content (AvgIpc) is 3.24. The van der Waals surface area contributed by atoms with E-state index in [2.05, 4.69) is 25.2 Å². The van der Waals surface area contributed by atoms with Crippen LogP contribution in [-0.4, -0.2) is 53.5 Å². The first-order chi connectivity index (χ1) is 16.4. The van der Waals surface area contributed by atoms with Gasteiger partial charge in [0.15, 0.2) is 0 Å². The van der Waals surface area contributed by atoms with Crippen molar-refractivity contribution in [2.75, 3.05) is 29.9 Å². The number of halogens is 1. The fourth-order valence-corrected chi connectivity index (χ4v) is 6.60. The average molecular weight is 502 g/mol. The summed E-state index contributed by atoms with van der Waals surface area (Å²) < 4.78 is 25.6. The molecule has 2 aliphatic heterocycles. The summed E-state index contributed by atoms with van der Waals surface area (Å²) in [5, 5.41) is 6.70. The molecular formula is C24H28ClN5O3S. The molecule has 3 aromatic rings. The molecule has 2 N–H and O–H groups in total. The topological polar surface area (TPSA) is 106 Å². The summed E-state index contributed by atoms with van der Waals surface area (Å²) >= 11 is 6.50. The quantitative estimate of drug-likeness (QED) is 0.554. The first-order valence-corrected chi connectivity index (χ1v) is 13.9. The van der Waals surface area contributed by atoms with Gasteiger partial charge >= 0.3 is 0 Å². The van der Waals surface area contributed by atoms with Crippen molar-refractivity contribution >= 4 is 44.2 Å². The third kappa shape index (κ3) is 5.11. The summed E-state index contributed by atoms with van der Waals surface area (Å²) in [5.74, 6) is 1.21. The Morgan fingerprint density at radius 1 is 1.18 bits per heavy atom. The summed E-state index contributed by atoms with van der Waals surface area (Å²) in [6, 6.07) is 7.77. The van der Waals surface area contributed by atoms with Crippen molar-refractivity contribution in [2.45, 2.75) is 32.2 Å². The van der Waals surface area contributed by atoms with Crippen molar-refractivity contribution in [1.29, 1.82) is 0 Å². The summed E-state index contributed by atoms with van der Waals surface area (Å²) in [6.07, 6.45) is 6.59. The fourth-order valence-electron chi connectivity index (χ4n) is 4.80. The van der Waals surface area contributed by atoms with Gasteiger partial charge in [-0.15, -0.1) is 0 Å². The Hall–Kier alpha value is -2.49. The molecular weight excluding hydrogens is 474 g/mol. The Morgan fingerprint density at radius 3 is 2.76 bits per heavy atom. The number of carbonyl (C=O) groups is 1. The number of rotatable bonds is 5. The maximum Gasteiger partial charge on any atom is 0.229 e. The molecule has 1 atom stereocenters. The summed E-state index contributed by atoms with van der Waals surface area (Å²) in [7, 11) is -2.88. The highest BCUT2D eigenvalue weighted by molar-refractivity contribution is 7.91. The normalized spacial score (nSPS) is 20.9. The standard InChI is InChI=1S/C24H28ClN5O3S/c25-20-13-27-23(29-24(31)18-2-1-7-26-12-18)11-19(20)17-3-4-21-22(10-17)30(15-28-21)14-16-5-8-34(32,33)9-6-16/h3-4,10-11,13,15-16,18,26H,1-2,5-9,12,14H2,(H,27,29,31). The largest absolute Gasteiger partial charge is 0.330 e. The number of amides is 1. The summed E-state index contributed by atoms with van der Waals surface area (Å²) in [4.78, 5) is 21.5. The molecule has 0 radical (unpaired) electrons. The molecule has 5 rings (SSSR count). The van der Waals surface area contributed by atoms with Gasteiger partial charge in [-0.05, 0) is 61.9 Å². The molecule has 1 amide bonds. The van der Waals surface area contributed by atoms with Gasteiger partial charge in [-0.2, -0.15) is 0 Å². The number of pyridine rings is 1. The van der Waals surface area contributed by atoms with Crippen LogP contribution in [0.3, 0.4) is 0 Å². The van der Waals surface area contributed by atoms with Crippen LogP contribution in [0.1, 0.15) is 25.7 Å². The second-order valence-electron chi connectivity index (χ2n) is 9.28. The lowest BCUT2D eigenvalue weighted by Gasteiger charge is -2.22. The number of nitrogens with zero attached hydrogens (tertiary/aromatic N) is 3. The SMILES string of the molecule is O=C(Nc1cc(-c2ccc3ncn(CC4CCS(=O)(=O)CC4)c3c2)c(Cl)cn1)C1CCCNC1. The molecule has 0 spiro atoms. The Balaban J connectivity index is 1.37. The number of hydrogen-bond acceptors (Lipinski definition) is 6. The van der Waals surface area contributed by atoms with Gasteiger partial charge in [0, 0.05) is 24.8 Å². The molecule has 2 aromatic heterocycles. The summed E-state index contributed by atoms with van der Waals surface area (Å²) in [6.45, 7) is 2.36. The van der Waals surface area contributed by atoms with Gasteiger partial charge in [-0.1, -0.05) is 17.7 Å². The van der Waals surface area contributed by atoms with Gasteiger partial charge < -0.3 is 15.2 Å². The van der Waals surface area contributed by atoms with E-state index in [1.54, 1.807) is 6.20 Å². The van der Waals surface area contributed by atoms with E-state index in [4.69, 9.17) is 11.6 Å². The zero-order valence-corrected chi connectivity index (χ0v) is 20.4. The van der Waals surface area contributed by atoms with Gasteiger partial charge in [0.1, 0.15) is 15.7 Å². The van der Waals surface area contributed by atoms with E-state index in [9.17, 15) is 13.2 Å². The first kappa shape index (κ1) is 23.3. The first-order valence-electron chi connectivity index (χ1n) is 11.7. The number of carbonyl (C=O) groups excluding carboxylic acids is 1. The van der Waals surface area contributed by atoms with Gasteiger partial charge in [0.25, 0.3) is 0 Å². The second-order valence-corrected chi connectivity index (χ2v) is 12.0. The maximum absolute atomic E-state index is 12.6. The van der Waals surface area contributed by atoms with Crippen LogP contribution in [0.4, 0.5) is 5.82 Å². The summed E-state index contributed by atoms with van der Waals surface area (Å²) in [5.41, 5.74) is 3.53. The lowest BCUT2D eigenvalue weighted by atomic mass is 9.99. The monoisotopic (exact) mass is 501 g/mol. The van der Waals surface area contributed by atoms with Crippen LogP contribution in [0.5, 0.6) is 0 Å². The predicted molar refractivity (Wildman–Crippen MR) is 134 cm³/mol. The van der Waals surface area contributed by atoms with E-state index in [1.165, 1.54) is 0 Å². The molecule has 0 aliphatic carbocycles. The molecule has 2 fully saturated rings. The van der Waals surface area contributed by atoms with Crippen LogP contribution >= 0.6 is 11.6 Å². The number of hydrogen-bond donors (Lipinski definition) is 2. The molecule has 2 saturated heterocycles. The fraction of sp³-hybridized carbons (Fsp3) is 0.458. The lowest BCUT2D eigenvalue weighted by Crippen LogP contribution is -2.37. The molecule has 180 valence electrons. The van der Waals surface area contributed by atoms with Crippen LogP contribution < -0.4 is 10.6 Å². The third-order valence-corrected chi connectivity index (χ3v) is 8.85. The van der Waals surface area contributed by atoms with E-state index in [-0.39, 0.29) is 23.3 Å². The van der Waals surface area contributed by atoms with Crippen molar-refractivity contribution < 1.29 is 13.2 Å². The lowest BCUT2D eigenvalue weighted by molar-refractivity contribution is -0.120. The van der Waals surface area contributed by atoms with Crippen LogP contribution in [0, 0.1) is 11.8 Å². The number of aromatic nitrogens is 3. The van der Waals surface area contributed by atoms with E-state index in [0.29, 0.717) is 36.1 Å². The molecule has 4 heterocycles. The van der Waals surface area contributed by atoms with Crippen molar-refractivity contribution in [2.24, 2.45) is 11.8 Å². The minimum Gasteiger partial charge on any atom is -0.330 e. The molecule has 2 aliphatic rings. The zero-order chi connectivity index (χ0) is 23.7. The number of benzene rings is 1. The van der Waals surface area contributed by atoms with Crippen molar-refractivity contribution in [3.8, 4) is 11.1 Å². The number of piperidine rings is 1. The Morgan fingerprint density at radius 2 is 2.00 bits per heavy atom. The third-order valence-electron chi connectivity index (χ3n) is 6.84. The van der Waals surface area contributed by atoms with Gasteiger partial charge in [-0.3, -0.25) is 4.79 Å². The van der Waals surface area contributed by atoms with Crippen LogP contribution in [-0.2, 0) is 21.2 Å². The van der Waals surface area contributed by atoms with Crippen LogP contribution in [0.2, 0.25) is 5.02 Å². The van der Waals surface area contributed by atoms with E-state index in [0.717, 1.165) is 48.1 Å². The van der Waals surface area contributed by atoms with Gasteiger partial charge in [-0.25, -0.2) is 18.4 Å². The zero-order valence-electron chi connectivity index (χ0n) is 18.8. The van der Waals surface area contributed by atoms with Crippen molar-refractivity contribution in [3.05, 3.63) is 41.8 Å². The minimum absolute atomic E-state index is 0.0315. The molecule has 8 nitrogen and oxygen atoms in total. The van der Waals surface area contributed by atoms with Crippen LogP contribution in [0.15, 0.2) is 36.8 Å². The highest BCUT2D eigenvalue weighted by Crippen LogP contribution is 2.32.